The van der Waals surface area contributed by atoms with Gasteiger partial charge in [-0.25, -0.2) is 0 Å². The molecule has 1 rings (SSSR count). The lowest BCUT2D eigenvalue weighted by molar-refractivity contribution is 0.598. The van der Waals surface area contributed by atoms with Crippen molar-refractivity contribution in [2.45, 2.75) is 45.4 Å². The Balaban J connectivity index is 2.35. The standard InChI is InChI=1S/C13H23NOS2/c1-10-6-7-12(16-10)11(2)14-8-9-17(15)13(3,4)5/h6-7,11,14H,8-9H2,1-5H3/t11-,17+/m0/s1. The first kappa shape index (κ1) is 14.9. The smallest absolute Gasteiger partial charge is 0.0386 e. The van der Waals surface area contributed by atoms with Crippen molar-refractivity contribution in [1.82, 2.24) is 5.32 Å². The Hall–Kier alpha value is -0.190. The van der Waals surface area contributed by atoms with E-state index in [2.05, 4.69) is 31.3 Å². The van der Waals surface area contributed by atoms with Gasteiger partial charge in [0.25, 0.3) is 0 Å². The number of thiophene rings is 1. The molecule has 2 nitrogen and oxygen atoms in total. The summed E-state index contributed by atoms with van der Waals surface area (Å²) < 4.78 is 11.8. The Morgan fingerprint density at radius 2 is 2.06 bits per heavy atom. The molecule has 0 radical (unpaired) electrons. The van der Waals surface area contributed by atoms with E-state index in [1.807, 2.05) is 32.1 Å². The van der Waals surface area contributed by atoms with Crippen LogP contribution in [0.15, 0.2) is 12.1 Å². The molecule has 2 atom stereocenters. The number of rotatable bonds is 5. The molecule has 0 amide bonds. The monoisotopic (exact) mass is 273 g/mol. The number of nitrogens with one attached hydrogen (secondary N) is 1. The summed E-state index contributed by atoms with van der Waals surface area (Å²) in [4.78, 5) is 2.69. The average molecular weight is 273 g/mol. The van der Waals surface area contributed by atoms with E-state index in [1.54, 1.807) is 0 Å². The Morgan fingerprint density at radius 3 is 2.53 bits per heavy atom. The Kier molecular flexibility index (Phi) is 5.35. The Labute approximate surface area is 111 Å². The van der Waals surface area contributed by atoms with Crippen molar-refractivity contribution >= 4 is 22.1 Å². The second kappa shape index (κ2) is 6.12. The highest BCUT2D eigenvalue weighted by atomic mass is 32.2. The van der Waals surface area contributed by atoms with E-state index in [0.29, 0.717) is 6.04 Å². The largest absolute Gasteiger partial charge is 0.309 e. The van der Waals surface area contributed by atoms with Crippen LogP contribution < -0.4 is 5.32 Å². The molecule has 1 aromatic rings. The molecule has 0 fully saturated rings. The molecule has 4 heteroatoms. The minimum Gasteiger partial charge on any atom is -0.309 e. The molecule has 0 aromatic carbocycles. The van der Waals surface area contributed by atoms with Crippen molar-refractivity contribution in [2.24, 2.45) is 0 Å². The zero-order valence-electron chi connectivity index (χ0n) is 11.4. The first-order valence-electron chi connectivity index (χ1n) is 5.99. The summed E-state index contributed by atoms with van der Waals surface area (Å²) >= 11 is 1.82. The zero-order chi connectivity index (χ0) is 13.1. The van der Waals surface area contributed by atoms with Gasteiger partial charge >= 0.3 is 0 Å². The maximum atomic E-state index is 11.9. The van der Waals surface area contributed by atoms with Gasteiger partial charge in [-0.05, 0) is 46.8 Å². The van der Waals surface area contributed by atoms with Crippen LogP contribution in [-0.4, -0.2) is 21.3 Å². The van der Waals surface area contributed by atoms with Crippen LogP contribution in [0.5, 0.6) is 0 Å². The van der Waals surface area contributed by atoms with Gasteiger partial charge < -0.3 is 5.32 Å². The van der Waals surface area contributed by atoms with Crippen molar-refractivity contribution in [3.63, 3.8) is 0 Å². The molecular weight excluding hydrogens is 250 g/mol. The van der Waals surface area contributed by atoms with Gasteiger partial charge in [0.1, 0.15) is 0 Å². The molecular formula is C13H23NOS2. The lowest BCUT2D eigenvalue weighted by atomic mass is 10.3. The molecule has 0 saturated heterocycles. The van der Waals surface area contributed by atoms with Gasteiger partial charge in [0.05, 0.1) is 0 Å². The topological polar surface area (TPSA) is 29.1 Å². The molecule has 1 N–H and O–H groups in total. The van der Waals surface area contributed by atoms with Crippen molar-refractivity contribution in [3.05, 3.63) is 21.9 Å². The summed E-state index contributed by atoms with van der Waals surface area (Å²) in [5, 5.41) is 3.43. The Morgan fingerprint density at radius 1 is 1.41 bits per heavy atom. The molecule has 0 aliphatic carbocycles. The molecule has 0 aliphatic heterocycles. The van der Waals surface area contributed by atoms with Crippen molar-refractivity contribution in [1.29, 1.82) is 0 Å². The van der Waals surface area contributed by atoms with Gasteiger partial charge in [0, 0.05) is 43.6 Å². The highest BCUT2D eigenvalue weighted by Crippen LogP contribution is 2.22. The van der Waals surface area contributed by atoms with Gasteiger partial charge in [-0.15, -0.1) is 11.3 Å². The third kappa shape index (κ3) is 4.90. The van der Waals surface area contributed by atoms with E-state index in [4.69, 9.17) is 0 Å². The van der Waals surface area contributed by atoms with Crippen LogP contribution in [-0.2, 0) is 10.8 Å². The molecule has 17 heavy (non-hydrogen) atoms. The van der Waals surface area contributed by atoms with Crippen LogP contribution in [0, 0.1) is 6.92 Å². The molecule has 1 heterocycles. The van der Waals surface area contributed by atoms with E-state index in [-0.39, 0.29) is 4.75 Å². The van der Waals surface area contributed by atoms with Crippen LogP contribution in [0.3, 0.4) is 0 Å². The fourth-order valence-electron chi connectivity index (χ4n) is 1.46. The third-order valence-electron chi connectivity index (χ3n) is 2.61. The highest BCUT2D eigenvalue weighted by Gasteiger charge is 2.18. The van der Waals surface area contributed by atoms with E-state index in [9.17, 15) is 4.21 Å². The van der Waals surface area contributed by atoms with Crippen LogP contribution in [0.1, 0.15) is 43.5 Å². The molecule has 0 saturated carbocycles. The minimum absolute atomic E-state index is 0.107. The quantitative estimate of drug-likeness (QED) is 0.892. The van der Waals surface area contributed by atoms with Crippen LogP contribution >= 0.6 is 11.3 Å². The summed E-state index contributed by atoms with van der Waals surface area (Å²) in [6.07, 6.45) is 0. The summed E-state index contributed by atoms with van der Waals surface area (Å²) in [6.45, 7) is 11.2. The average Bonchev–Trinajstić information content (AvgIpc) is 2.63. The SMILES string of the molecule is Cc1ccc([C@H](C)NCC[S@@](=O)C(C)(C)C)s1. The molecule has 0 bridgehead atoms. The second-order valence-corrected chi connectivity index (χ2v) is 8.93. The minimum atomic E-state index is -0.764. The maximum Gasteiger partial charge on any atom is 0.0386 e. The molecule has 0 aliphatic rings. The van der Waals surface area contributed by atoms with Gasteiger partial charge in [-0.1, -0.05) is 0 Å². The fourth-order valence-corrected chi connectivity index (χ4v) is 3.28. The summed E-state index contributed by atoms with van der Waals surface area (Å²) in [7, 11) is -0.764. The van der Waals surface area contributed by atoms with E-state index in [1.165, 1.54) is 9.75 Å². The molecule has 0 unspecified atom stereocenters. The van der Waals surface area contributed by atoms with Crippen molar-refractivity contribution < 1.29 is 4.21 Å². The van der Waals surface area contributed by atoms with Gasteiger partial charge in [0.2, 0.25) is 0 Å². The Bertz CT molecular complexity index is 379. The number of aryl methyl sites for hydroxylation is 1. The van der Waals surface area contributed by atoms with Crippen LogP contribution in [0.25, 0.3) is 0 Å². The lowest BCUT2D eigenvalue weighted by Gasteiger charge is -2.19. The first-order chi connectivity index (χ1) is 7.80. The van der Waals surface area contributed by atoms with E-state index in [0.717, 1.165) is 12.3 Å². The summed E-state index contributed by atoms with van der Waals surface area (Å²) in [6, 6.07) is 4.66. The normalized spacial score (nSPS) is 15.8. The third-order valence-corrected chi connectivity index (χ3v) is 5.73. The van der Waals surface area contributed by atoms with Gasteiger partial charge in [-0.2, -0.15) is 0 Å². The summed E-state index contributed by atoms with van der Waals surface area (Å²) in [5.41, 5.74) is 0. The second-order valence-electron chi connectivity index (χ2n) is 5.29. The van der Waals surface area contributed by atoms with Crippen molar-refractivity contribution in [3.8, 4) is 0 Å². The maximum absolute atomic E-state index is 11.9. The first-order valence-corrected chi connectivity index (χ1v) is 8.12. The fraction of sp³-hybridized carbons (Fsp3) is 0.692. The summed E-state index contributed by atoms with van der Waals surface area (Å²) in [5.74, 6) is 0.720. The molecule has 0 spiro atoms. The van der Waals surface area contributed by atoms with Crippen LogP contribution in [0.4, 0.5) is 0 Å². The van der Waals surface area contributed by atoms with E-state index < -0.39 is 10.8 Å². The zero-order valence-corrected chi connectivity index (χ0v) is 13.0. The molecule has 1 aromatic heterocycles. The van der Waals surface area contributed by atoms with E-state index >= 15 is 0 Å². The number of hydrogen-bond donors (Lipinski definition) is 1. The van der Waals surface area contributed by atoms with Gasteiger partial charge in [-0.3, -0.25) is 4.21 Å². The molecule has 98 valence electrons. The lowest BCUT2D eigenvalue weighted by Crippen LogP contribution is -2.30. The van der Waals surface area contributed by atoms with Crippen LogP contribution in [0.2, 0.25) is 0 Å². The predicted molar refractivity (Wildman–Crippen MR) is 78.2 cm³/mol. The number of hydrogen-bond acceptors (Lipinski definition) is 3. The highest BCUT2D eigenvalue weighted by molar-refractivity contribution is 7.86. The predicted octanol–water partition coefficient (Wildman–Crippen LogP) is 3.25. The van der Waals surface area contributed by atoms with Crippen molar-refractivity contribution in [2.75, 3.05) is 12.3 Å². The van der Waals surface area contributed by atoms with Gasteiger partial charge in [0.15, 0.2) is 0 Å².